The molecule has 18 heavy (non-hydrogen) atoms. The zero-order valence-electron chi connectivity index (χ0n) is 11.3. The number of anilines is 1. The molecule has 1 aliphatic rings. The lowest BCUT2D eigenvalue weighted by Crippen LogP contribution is -2.54. The summed E-state index contributed by atoms with van der Waals surface area (Å²) >= 11 is 1.56. The smallest absolute Gasteiger partial charge is 0.246 e. The van der Waals surface area contributed by atoms with Gasteiger partial charge in [0.05, 0.1) is 11.2 Å². The third-order valence-electron chi connectivity index (χ3n) is 3.57. The van der Waals surface area contributed by atoms with Gasteiger partial charge in [0.25, 0.3) is 0 Å². The molecule has 2 rings (SSSR count). The normalized spacial score (nSPS) is 23.9. The van der Waals surface area contributed by atoms with Crippen LogP contribution in [0.25, 0.3) is 0 Å². The van der Waals surface area contributed by atoms with Crippen molar-refractivity contribution in [1.82, 2.24) is 10.3 Å². The highest BCUT2D eigenvalue weighted by Gasteiger charge is 2.34. The largest absolute Gasteiger partial charge is 0.304 e. The number of carbonyl (C=O) groups is 1. The fraction of sp³-hybridized carbons (Fsp3) is 0.692. The molecular formula is C13H21N3OS. The number of hydrogen-bond donors (Lipinski definition) is 2. The van der Waals surface area contributed by atoms with Gasteiger partial charge in [-0.05, 0) is 46.1 Å². The van der Waals surface area contributed by atoms with Crippen molar-refractivity contribution in [3.63, 3.8) is 0 Å². The van der Waals surface area contributed by atoms with Crippen LogP contribution in [0.4, 0.5) is 5.13 Å². The summed E-state index contributed by atoms with van der Waals surface area (Å²) in [5, 5.41) is 6.99. The summed E-state index contributed by atoms with van der Waals surface area (Å²) in [6, 6.07) is 0. The summed E-state index contributed by atoms with van der Waals surface area (Å²) < 4.78 is 0. The monoisotopic (exact) mass is 267 g/mol. The second kappa shape index (κ2) is 5.36. The molecule has 1 saturated heterocycles. The molecule has 1 unspecified atom stereocenters. The van der Waals surface area contributed by atoms with Gasteiger partial charge in [0, 0.05) is 4.88 Å². The van der Waals surface area contributed by atoms with Crippen LogP contribution in [-0.4, -0.2) is 23.0 Å². The number of nitrogens with one attached hydrogen (secondary N) is 2. The zero-order chi connectivity index (χ0) is 13.2. The predicted octanol–water partition coefficient (Wildman–Crippen LogP) is 2.48. The van der Waals surface area contributed by atoms with Crippen molar-refractivity contribution in [2.75, 3.05) is 11.9 Å². The van der Waals surface area contributed by atoms with Crippen LogP contribution in [-0.2, 0) is 11.2 Å². The number of amides is 1. The Hall–Kier alpha value is -0.940. The Morgan fingerprint density at radius 1 is 1.56 bits per heavy atom. The lowest BCUT2D eigenvalue weighted by molar-refractivity contribution is -0.122. The fourth-order valence-electron chi connectivity index (χ4n) is 2.29. The van der Waals surface area contributed by atoms with E-state index in [0.29, 0.717) is 0 Å². The van der Waals surface area contributed by atoms with Crippen LogP contribution in [0.3, 0.4) is 0 Å². The van der Waals surface area contributed by atoms with Crippen molar-refractivity contribution in [3.05, 3.63) is 10.6 Å². The Morgan fingerprint density at radius 2 is 2.33 bits per heavy atom. The molecule has 1 fully saturated rings. The Labute approximate surface area is 112 Å². The average Bonchev–Trinajstić information content (AvgIpc) is 2.70. The lowest BCUT2D eigenvalue weighted by atomic mass is 9.90. The van der Waals surface area contributed by atoms with E-state index in [4.69, 9.17) is 0 Å². The molecule has 5 heteroatoms. The van der Waals surface area contributed by atoms with E-state index in [-0.39, 0.29) is 5.91 Å². The highest BCUT2D eigenvalue weighted by atomic mass is 32.1. The molecule has 100 valence electrons. The minimum atomic E-state index is -0.440. The number of piperidine rings is 1. The summed E-state index contributed by atoms with van der Waals surface area (Å²) in [5.41, 5.74) is 0.640. The van der Waals surface area contributed by atoms with Crippen LogP contribution >= 0.6 is 11.3 Å². The van der Waals surface area contributed by atoms with Crippen molar-refractivity contribution in [3.8, 4) is 0 Å². The van der Waals surface area contributed by atoms with E-state index in [1.165, 1.54) is 4.88 Å². The maximum Gasteiger partial charge on any atom is 0.246 e. The number of aryl methyl sites for hydroxylation is 2. The van der Waals surface area contributed by atoms with Gasteiger partial charge in [-0.3, -0.25) is 4.79 Å². The Bertz CT molecular complexity index is 435. The van der Waals surface area contributed by atoms with Gasteiger partial charge < -0.3 is 10.6 Å². The first kappa shape index (κ1) is 13.5. The highest BCUT2D eigenvalue weighted by Crippen LogP contribution is 2.25. The topological polar surface area (TPSA) is 54.0 Å². The molecule has 0 bridgehead atoms. The number of hydrogen-bond acceptors (Lipinski definition) is 4. The van der Waals surface area contributed by atoms with Crippen LogP contribution in [0.5, 0.6) is 0 Å². The van der Waals surface area contributed by atoms with E-state index >= 15 is 0 Å². The van der Waals surface area contributed by atoms with Gasteiger partial charge in [0.15, 0.2) is 5.13 Å². The van der Waals surface area contributed by atoms with E-state index in [1.807, 2.05) is 13.8 Å². The molecule has 1 amide bonds. The molecular weight excluding hydrogens is 246 g/mol. The van der Waals surface area contributed by atoms with Gasteiger partial charge in [0.2, 0.25) is 5.91 Å². The van der Waals surface area contributed by atoms with Crippen molar-refractivity contribution in [1.29, 1.82) is 0 Å². The molecule has 0 aliphatic carbocycles. The zero-order valence-corrected chi connectivity index (χ0v) is 12.1. The van der Waals surface area contributed by atoms with E-state index < -0.39 is 5.54 Å². The molecule has 2 heterocycles. The van der Waals surface area contributed by atoms with Gasteiger partial charge in [-0.25, -0.2) is 4.98 Å². The first-order chi connectivity index (χ1) is 8.55. The molecule has 4 nitrogen and oxygen atoms in total. The third-order valence-corrected chi connectivity index (χ3v) is 4.50. The first-order valence-corrected chi connectivity index (χ1v) is 7.39. The number of nitrogens with zero attached hydrogens (tertiary/aromatic N) is 1. The molecule has 1 atom stereocenters. The van der Waals surface area contributed by atoms with Gasteiger partial charge in [-0.2, -0.15) is 0 Å². The van der Waals surface area contributed by atoms with Crippen LogP contribution in [0.2, 0.25) is 0 Å². The number of thiazole rings is 1. The fourth-order valence-corrected chi connectivity index (χ4v) is 3.19. The van der Waals surface area contributed by atoms with Crippen molar-refractivity contribution < 1.29 is 4.79 Å². The van der Waals surface area contributed by atoms with E-state index in [0.717, 1.165) is 43.1 Å². The maximum absolute atomic E-state index is 12.3. The summed E-state index contributed by atoms with van der Waals surface area (Å²) in [6.45, 7) is 7.02. The molecule has 1 aromatic rings. The minimum absolute atomic E-state index is 0.0404. The van der Waals surface area contributed by atoms with E-state index in [9.17, 15) is 4.79 Å². The first-order valence-electron chi connectivity index (χ1n) is 6.58. The van der Waals surface area contributed by atoms with E-state index in [1.54, 1.807) is 11.3 Å². The molecule has 2 N–H and O–H groups in total. The van der Waals surface area contributed by atoms with Gasteiger partial charge >= 0.3 is 0 Å². The summed E-state index contributed by atoms with van der Waals surface area (Å²) in [5.74, 6) is 0.0404. The second-order valence-electron chi connectivity index (χ2n) is 5.05. The van der Waals surface area contributed by atoms with E-state index in [2.05, 4.69) is 22.5 Å². The SMILES string of the molecule is CCc1nc(NC(=O)C2(C)CCCCN2)sc1C. The molecule has 1 aromatic heterocycles. The summed E-state index contributed by atoms with van der Waals surface area (Å²) in [7, 11) is 0. The molecule has 0 aromatic carbocycles. The average molecular weight is 267 g/mol. The summed E-state index contributed by atoms with van der Waals surface area (Å²) in [6.07, 6.45) is 4.06. The quantitative estimate of drug-likeness (QED) is 0.884. The highest BCUT2D eigenvalue weighted by molar-refractivity contribution is 7.15. The van der Waals surface area contributed by atoms with Crippen molar-refractivity contribution in [2.45, 2.75) is 52.0 Å². The molecule has 0 radical (unpaired) electrons. The second-order valence-corrected chi connectivity index (χ2v) is 6.25. The van der Waals surface area contributed by atoms with Crippen LogP contribution in [0.1, 0.15) is 43.7 Å². The van der Waals surface area contributed by atoms with Crippen molar-refractivity contribution >= 4 is 22.4 Å². The Kier molecular flexibility index (Phi) is 4.02. The van der Waals surface area contributed by atoms with Crippen molar-refractivity contribution in [2.24, 2.45) is 0 Å². The summed E-state index contributed by atoms with van der Waals surface area (Å²) in [4.78, 5) is 17.9. The number of aromatic nitrogens is 1. The van der Waals surface area contributed by atoms with Crippen LogP contribution in [0.15, 0.2) is 0 Å². The Morgan fingerprint density at radius 3 is 2.89 bits per heavy atom. The predicted molar refractivity (Wildman–Crippen MR) is 75.1 cm³/mol. The molecule has 0 spiro atoms. The van der Waals surface area contributed by atoms with Gasteiger partial charge in [-0.1, -0.05) is 6.92 Å². The standard InChI is InChI=1S/C13H21N3OS/c1-4-10-9(2)18-12(15-10)16-11(17)13(3)7-5-6-8-14-13/h14H,4-8H2,1-3H3,(H,15,16,17). The lowest BCUT2D eigenvalue weighted by Gasteiger charge is -2.33. The maximum atomic E-state index is 12.3. The Balaban J connectivity index is 2.05. The number of carbonyl (C=O) groups excluding carboxylic acids is 1. The molecule has 0 saturated carbocycles. The van der Waals surface area contributed by atoms with Gasteiger partial charge in [-0.15, -0.1) is 11.3 Å². The molecule has 1 aliphatic heterocycles. The van der Waals surface area contributed by atoms with Crippen LogP contribution < -0.4 is 10.6 Å². The van der Waals surface area contributed by atoms with Gasteiger partial charge in [0.1, 0.15) is 0 Å². The van der Waals surface area contributed by atoms with Crippen LogP contribution in [0, 0.1) is 6.92 Å². The third kappa shape index (κ3) is 2.72. The number of rotatable bonds is 3. The minimum Gasteiger partial charge on any atom is -0.304 e.